The number of benzene rings is 2. The number of allylic oxidation sites excluding steroid dienone is 2. The maximum absolute atomic E-state index is 13.3. The molecule has 1 aliphatic carbocycles. The summed E-state index contributed by atoms with van der Waals surface area (Å²) in [7, 11) is -3.48. The van der Waals surface area contributed by atoms with Gasteiger partial charge in [0.15, 0.2) is 0 Å². The van der Waals surface area contributed by atoms with E-state index in [1.165, 1.54) is 10.5 Å². The summed E-state index contributed by atoms with van der Waals surface area (Å²) in [5, 5.41) is 3.73. The van der Waals surface area contributed by atoms with Gasteiger partial charge in [-0.3, -0.25) is 0 Å². The van der Waals surface area contributed by atoms with Crippen molar-refractivity contribution in [3.8, 4) is 0 Å². The smallest absolute Gasteiger partial charge is 0.243 e. The monoisotopic (exact) mass is 456 g/mol. The topological polar surface area (TPSA) is 49.4 Å². The quantitative estimate of drug-likeness (QED) is 0.388. The van der Waals surface area contributed by atoms with Crippen LogP contribution in [0.5, 0.6) is 0 Å². The van der Waals surface area contributed by atoms with E-state index >= 15 is 0 Å². The Morgan fingerprint density at radius 2 is 1.77 bits per heavy atom. The molecule has 0 saturated heterocycles. The third-order valence-electron chi connectivity index (χ3n) is 6.39. The highest BCUT2D eigenvalue weighted by atomic mass is 32.2. The average molecular weight is 457 g/mol. The lowest BCUT2D eigenvalue weighted by Crippen LogP contribution is -2.33. The molecule has 1 aliphatic heterocycles. The summed E-state index contributed by atoms with van der Waals surface area (Å²) in [6, 6.07) is 14.7. The van der Waals surface area contributed by atoms with Gasteiger partial charge in [0.25, 0.3) is 0 Å². The van der Waals surface area contributed by atoms with Crippen molar-refractivity contribution in [3.63, 3.8) is 0 Å². The second-order valence-electron chi connectivity index (χ2n) is 8.40. The molecule has 2 aliphatic rings. The predicted octanol–water partition coefficient (Wildman–Crippen LogP) is 6.05. The number of thioether (sulfide) groups is 1. The van der Waals surface area contributed by atoms with E-state index < -0.39 is 10.0 Å². The Hall–Kier alpha value is -1.76. The summed E-state index contributed by atoms with van der Waals surface area (Å²) >= 11 is 1.75. The van der Waals surface area contributed by atoms with Crippen molar-refractivity contribution in [2.24, 2.45) is 5.92 Å². The highest BCUT2D eigenvalue weighted by Gasteiger charge is 2.38. The third-order valence-corrected chi connectivity index (χ3v) is 9.03. The molecule has 1 N–H and O–H groups in total. The van der Waals surface area contributed by atoms with Gasteiger partial charge in [0.2, 0.25) is 10.0 Å². The highest BCUT2D eigenvalue weighted by Crippen LogP contribution is 2.50. The number of anilines is 1. The van der Waals surface area contributed by atoms with Crippen molar-refractivity contribution >= 4 is 27.5 Å². The average Bonchev–Trinajstić information content (AvgIpc) is 3.28. The largest absolute Gasteiger partial charge is 0.378 e. The first-order valence-electron chi connectivity index (χ1n) is 11.2. The number of fused-ring (bicyclic) bond motifs is 3. The van der Waals surface area contributed by atoms with Crippen LogP contribution in [0.4, 0.5) is 5.69 Å². The molecule has 31 heavy (non-hydrogen) atoms. The molecule has 2 aromatic rings. The first-order valence-corrected chi connectivity index (χ1v) is 13.9. The minimum atomic E-state index is -3.48. The molecule has 6 heteroatoms. The van der Waals surface area contributed by atoms with E-state index in [1.54, 1.807) is 22.1 Å². The highest BCUT2D eigenvalue weighted by molar-refractivity contribution is 7.98. The molecular formula is C25H32N2O2S2. The normalized spacial score (nSPS) is 22.3. The number of rotatable bonds is 8. The van der Waals surface area contributed by atoms with Crippen LogP contribution in [0.3, 0.4) is 0 Å². The molecule has 0 radical (unpaired) electrons. The zero-order chi connectivity index (χ0) is 22.0. The fraction of sp³-hybridized carbons (Fsp3) is 0.440. The van der Waals surface area contributed by atoms with E-state index in [2.05, 4.69) is 48.0 Å². The van der Waals surface area contributed by atoms with Gasteiger partial charge in [-0.15, -0.1) is 11.8 Å². The van der Waals surface area contributed by atoms with Crippen LogP contribution in [0.25, 0.3) is 0 Å². The van der Waals surface area contributed by atoms with Crippen LogP contribution in [0.2, 0.25) is 0 Å². The van der Waals surface area contributed by atoms with Crippen LogP contribution in [-0.4, -0.2) is 32.1 Å². The molecule has 3 unspecified atom stereocenters. The van der Waals surface area contributed by atoms with E-state index in [0.717, 1.165) is 30.5 Å². The summed E-state index contributed by atoms with van der Waals surface area (Å²) < 4.78 is 28.3. The standard InChI is InChI=1S/C25H32N2O2S2/c1-4-15-27(16-5-2)31(28,29)20-13-14-24-23(17-20)21-7-6-8-22(21)25(26-24)18-9-11-19(30-3)12-10-18/h6-7,9-14,17,21-22,25-26H,4-5,8,15-16H2,1-3H3. The van der Waals surface area contributed by atoms with Crippen LogP contribution in [0.15, 0.2) is 64.4 Å². The molecule has 0 aromatic heterocycles. The SMILES string of the molecule is CCCN(CCC)S(=O)(=O)c1ccc2c(c1)C1C=CCC1C(c1ccc(SC)cc1)N2. The van der Waals surface area contributed by atoms with Gasteiger partial charge in [0.05, 0.1) is 10.9 Å². The Kier molecular flexibility index (Phi) is 6.80. The van der Waals surface area contributed by atoms with E-state index in [-0.39, 0.29) is 12.0 Å². The fourth-order valence-electron chi connectivity index (χ4n) is 4.87. The summed E-state index contributed by atoms with van der Waals surface area (Å²) in [4.78, 5) is 1.68. The number of nitrogens with one attached hydrogen (secondary N) is 1. The molecule has 1 heterocycles. The lowest BCUT2D eigenvalue weighted by molar-refractivity contribution is 0.408. The summed E-state index contributed by atoms with van der Waals surface area (Å²) in [5.41, 5.74) is 3.43. The lowest BCUT2D eigenvalue weighted by atomic mass is 9.77. The van der Waals surface area contributed by atoms with Crippen LogP contribution < -0.4 is 5.32 Å². The van der Waals surface area contributed by atoms with Crippen molar-refractivity contribution in [2.45, 2.75) is 54.9 Å². The maximum Gasteiger partial charge on any atom is 0.243 e. The molecule has 0 bridgehead atoms. The Morgan fingerprint density at radius 3 is 2.42 bits per heavy atom. The molecular weight excluding hydrogens is 424 g/mol. The van der Waals surface area contributed by atoms with E-state index in [1.807, 2.05) is 26.0 Å². The first-order chi connectivity index (χ1) is 15.0. The van der Waals surface area contributed by atoms with Gasteiger partial charge in [-0.2, -0.15) is 4.31 Å². The van der Waals surface area contributed by atoms with Gasteiger partial charge >= 0.3 is 0 Å². The van der Waals surface area contributed by atoms with E-state index in [4.69, 9.17) is 0 Å². The Balaban J connectivity index is 1.69. The van der Waals surface area contributed by atoms with Crippen LogP contribution in [-0.2, 0) is 10.0 Å². The van der Waals surface area contributed by atoms with Crippen LogP contribution in [0.1, 0.15) is 56.2 Å². The van der Waals surface area contributed by atoms with Crippen LogP contribution in [0, 0.1) is 5.92 Å². The van der Waals surface area contributed by atoms with E-state index in [9.17, 15) is 8.42 Å². The van der Waals surface area contributed by atoms with Gasteiger partial charge < -0.3 is 5.32 Å². The molecule has 0 amide bonds. The molecule has 4 nitrogen and oxygen atoms in total. The van der Waals surface area contributed by atoms with Crippen molar-refractivity contribution in [1.29, 1.82) is 0 Å². The van der Waals surface area contributed by atoms with Gasteiger partial charge in [-0.25, -0.2) is 8.42 Å². The second kappa shape index (κ2) is 9.39. The number of hydrogen-bond donors (Lipinski definition) is 1. The zero-order valence-electron chi connectivity index (χ0n) is 18.5. The molecule has 3 atom stereocenters. The van der Waals surface area contributed by atoms with Crippen LogP contribution >= 0.6 is 11.8 Å². The molecule has 0 saturated carbocycles. The fourth-order valence-corrected chi connectivity index (χ4v) is 6.94. The molecule has 2 aromatic carbocycles. The third kappa shape index (κ3) is 4.30. The second-order valence-corrected chi connectivity index (χ2v) is 11.2. The van der Waals surface area contributed by atoms with Crippen molar-refractivity contribution < 1.29 is 8.42 Å². The number of hydrogen-bond acceptors (Lipinski definition) is 4. The predicted molar refractivity (Wildman–Crippen MR) is 130 cm³/mol. The Bertz CT molecular complexity index is 1040. The Labute approximate surface area is 191 Å². The van der Waals surface area contributed by atoms with Gasteiger partial charge in [-0.1, -0.05) is 38.1 Å². The zero-order valence-corrected chi connectivity index (χ0v) is 20.2. The number of nitrogens with zero attached hydrogens (tertiary/aromatic N) is 1. The molecule has 4 rings (SSSR count). The summed E-state index contributed by atoms with van der Waals surface area (Å²) in [6.45, 7) is 5.17. The molecule has 0 fully saturated rings. The summed E-state index contributed by atoms with van der Waals surface area (Å²) in [5.74, 6) is 0.635. The van der Waals surface area contributed by atoms with Crippen molar-refractivity contribution in [2.75, 3.05) is 24.7 Å². The first kappa shape index (κ1) is 22.4. The minimum Gasteiger partial charge on any atom is -0.378 e. The maximum atomic E-state index is 13.3. The van der Waals surface area contributed by atoms with Gasteiger partial charge in [0, 0.05) is 29.6 Å². The molecule has 0 spiro atoms. The number of sulfonamides is 1. The lowest BCUT2D eigenvalue weighted by Gasteiger charge is -2.38. The Morgan fingerprint density at radius 1 is 1.06 bits per heavy atom. The van der Waals surface area contributed by atoms with E-state index in [0.29, 0.717) is 23.9 Å². The molecule has 166 valence electrons. The van der Waals surface area contributed by atoms with Gasteiger partial charge in [-0.05, 0) is 72.9 Å². The van der Waals surface area contributed by atoms with Crippen molar-refractivity contribution in [1.82, 2.24) is 4.31 Å². The minimum absolute atomic E-state index is 0.225. The van der Waals surface area contributed by atoms with Crippen molar-refractivity contribution in [3.05, 3.63) is 65.7 Å². The van der Waals surface area contributed by atoms with Gasteiger partial charge in [0.1, 0.15) is 0 Å². The summed E-state index contributed by atoms with van der Waals surface area (Å²) in [6.07, 6.45) is 9.23.